The van der Waals surface area contributed by atoms with Crippen LogP contribution in [0.1, 0.15) is 44.2 Å². The van der Waals surface area contributed by atoms with Crippen LogP contribution in [0.25, 0.3) is 17.0 Å². The number of hydrogen-bond acceptors (Lipinski definition) is 5. The van der Waals surface area contributed by atoms with Gasteiger partial charge in [0.1, 0.15) is 0 Å². The topological polar surface area (TPSA) is 63.4 Å². The first-order valence-electron chi connectivity index (χ1n) is 10.5. The first-order valence-corrected chi connectivity index (χ1v) is 11.0. The summed E-state index contributed by atoms with van der Waals surface area (Å²) in [6, 6.07) is 14.4. The van der Waals surface area contributed by atoms with E-state index in [4.69, 9.17) is 21.5 Å². The molecule has 2 aromatic carbocycles. The van der Waals surface area contributed by atoms with E-state index < -0.39 is 5.82 Å². The number of methoxy groups -OCH3 is 1. The smallest absolute Gasteiger partial charge is 0.258 e. The van der Waals surface area contributed by atoms with Crippen molar-refractivity contribution in [3.8, 4) is 17.1 Å². The Morgan fingerprint density at radius 2 is 2.00 bits per heavy atom. The van der Waals surface area contributed by atoms with Crippen LogP contribution in [-0.4, -0.2) is 33.8 Å². The van der Waals surface area contributed by atoms with Crippen LogP contribution in [0.3, 0.4) is 0 Å². The lowest BCUT2D eigenvalue weighted by Crippen LogP contribution is -2.46. The Labute approximate surface area is 192 Å². The molecule has 0 aliphatic carbocycles. The molecule has 32 heavy (non-hydrogen) atoms. The first-order chi connectivity index (χ1) is 15.5. The Kier molecular flexibility index (Phi) is 6.50. The van der Waals surface area contributed by atoms with Crippen molar-refractivity contribution in [2.24, 2.45) is 0 Å². The van der Waals surface area contributed by atoms with E-state index >= 15 is 0 Å². The van der Waals surface area contributed by atoms with E-state index in [1.165, 1.54) is 13.2 Å². The van der Waals surface area contributed by atoms with Gasteiger partial charge in [-0.15, -0.1) is 0 Å². The largest absolute Gasteiger partial charge is 0.494 e. The Morgan fingerprint density at radius 3 is 2.69 bits per heavy atom. The van der Waals surface area contributed by atoms with Gasteiger partial charge < -0.3 is 19.5 Å². The maximum atomic E-state index is 14.2. The van der Waals surface area contributed by atoms with Gasteiger partial charge >= 0.3 is 0 Å². The molecule has 1 unspecified atom stereocenters. The van der Waals surface area contributed by atoms with Crippen LogP contribution in [0.2, 0.25) is 0 Å². The minimum absolute atomic E-state index is 0.164. The van der Waals surface area contributed by atoms with E-state index in [0.717, 1.165) is 36.2 Å². The van der Waals surface area contributed by atoms with Crippen molar-refractivity contribution in [1.82, 2.24) is 20.4 Å². The Balaban J connectivity index is 1.77. The molecule has 1 aromatic heterocycles. The third-order valence-corrected chi connectivity index (χ3v) is 5.87. The van der Waals surface area contributed by atoms with Gasteiger partial charge in [-0.25, -0.2) is 4.39 Å². The highest BCUT2D eigenvalue weighted by Crippen LogP contribution is 2.37. The molecule has 0 fully saturated rings. The third kappa shape index (κ3) is 4.23. The molecule has 8 heteroatoms. The first kappa shape index (κ1) is 22.0. The molecule has 4 rings (SSSR count). The van der Waals surface area contributed by atoms with Crippen molar-refractivity contribution >= 4 is 22.9 Å². The molecule has 2 heterocycles. The Morgan fingerprint density at radius 1 is 1.22 bits per heavy atom. The maximum absolute atomic E-state index is 14.2. The average Bonchev–Trinajstić information content (AvgIpc) is 3.29. The molecular formula is C24H25FN4O2S. The molecular weight excluding hydrogens is 427 g/mol. The number of allylic oxidation sites excluding steroid dienone is 1. The molecule has 0 radical (unpaired) electrons. The van der Waals surface area contributed by atoms with Gasteiger partial charge in [0.05, 0.1) is 18.7 Å². The van der Waals surface area contributed by atoms with Crippen LogP contribution in [0.5, 0.6) is 5.75 Å². The normalized spacial score (nSPS) is 16.3. The molecule has 1 atom stereocenters. The van der Waals surface area contributed by atoms with Crippen molar-refractivity contribution in [2.45, 2.75) is 32.7 Å². The van der Waals surface area contributed by atoms with Crippen molar-refractivity contribution in [1.29, 1.82) is 0 Å². The Bertz CT molecular complexity index is 1150. The molecule has 1 aliphatic rings. The van der Waals surface area contributed by atoms with Crippen molar-refractivity contribution in [3.63, 3.8) is 0 Å². The zero-order valence-electron chi connectivity index (χ0n) is 18.3. The molecule has 0 saturated carbocycles. The van der Waals surface area contributed by atoms with Crippen molar-refractivity contribution < 1.29 is 13.7 Å². The number of ether oxygens (including phenoxy) is 1. The number of halogens is 1. The van der Waals surface area contributed by atoms with E-state index in [1.807, 2.05) is 37.3 Å². The summed E-state index contributed by atoms with van der Waals surface area (Å²) in [6.45, 7) is 4.96. The molecule has 1 N–H and O–H groups in total. The number of benzene rings is 2. The van der Waals surface area contributed by atoms with Crippen LogP contribution in [-0.2, 0) is 0 Å². The maximum Gasteiger partial charge on any atom is 0.258 e. The van der Waals surface area contributed by atoms with Crippen LogP contribution in [0.4, 0.5) is 4.39 Å². The lowest BCUT2D eigenvalue weighted by molar-refractivity contribution is 0.386. The molecule has 0 bridgehead atoms. The van der Waals surface area contributed by atoms with Gasteiger partial charge in [0.2, 0.25) is 5.82 Å². The van der Waals surface area contributed by atoms with Gasteiger partial charge in [0, 0.05) is 17.8 Å². The average molecular weight is 453 g/mol. The monoisotopic (exact) mass is 452 g/mol. The summed E-state index contributed by atoms with van der Waals surface area (Å²) in [5, 5.41) is 8.23. The van der Waals surface area contributed by atoms with E-state index in [-0.39, 0.29) is 11.8 Å². The van der Waals surface area contributed by atoms with E-state index in [1.54, 1.807) is 12.1 Å². The zero-order chi connectivity index (χ0) is 22.7. The minimum atomic E-state index is -0.482. The molecule has 0 spiro atoms. The summed E-state index contributed by atoms with van der Waals surface area (Å²) < 4.78 is 24.9. The number of rotatable bonds is 7. The number of aromatic nitrogens is 2. The summed E-state index contributed by atoms with van der Waals surface area (Å²) in [6.07, 6.45) is 2.06. The summed E-state index contributed by atoms with van der Waals surface area (Å²) in [7, 11) is 1.42. The van der Waals surface area contributed by atoms with Gasteiger partial charge in [0.25, 0.3) is 5.89 Å². The summed E-state index contributed by atoms with van der Waals surface area (Å²) in [4.78, 5) is 6.69. The fraction of sp³-hybridized carbons (Fsp3) is 0.292. The fourth-order valence-corrected chi connectivity index (χ4v) is 4.14. The Hall–Kier alpha value is -3.26. The third-order valence-electron chi connectivity index (χ3n) is 5.53. The lowest BCUT2D eigenvalue weighted by atomic mass is 9.95. The molecule has 0 amide bonds. The zero-order valence-corrected chi connectivity index (χ0v) is 19.1. The predicted molar refractivity (Wildman–Crippen MR) is 125 cm³/mol. The van der Waals surface area contributed by atoms with Crippen molar-refractivity contribution in [3.05, 3.63) is 71.5 Å². The summed E-state index contributed by atoms with van der Waals surface area (Å²) >= 11 is 5.68. The van der Waals surface area contributed by atoms with Crippen LogP contribution < -0.4 is 10.1 Å². The molecule has 166 valence electrons. The number of nitrogens with zero attached hydrogens (tertiary/aromatic N) is 3. The molecule has 6 nitrogen and oxygen atoms in total. The fourth-order valence-electron chi connectivity index (χ4n) is 3.79. The van der Waals surface area contributed by atoms with Gasteiger partial charge in [0.15, 0.2) is 16.7 Å². The number of thiocarbonyl (C=S) groups is 1. The van der Waals surface area contributed by atoms with E-state index in [2.05, 4.69) is 27.3 Å². The van der Waals surface area contributed by atoms with Gasteiger partial charge in [-0.3, -0.25) is 0 Å². The van der Waals surface area contributed by atoms with Crippen LogP contribution in [0, 0.1) is 5.82 Å². The SMILES string of the molecule is CCCCN1C(=S)NC(c2ccccc2)C(c2nc(-c3ccc(OC)c(F)c3)no2)=C1C. The molecule has 0 saturated heterocycles. The summed E-state index contributed by atoms with van der Waals surface area (Å²) in [5.74, 6) is 0.363. The highest BCUT2D eigenvalue weighted by molar-refractivity contribution is 7.80. The summed E-state index contributed by atoms with van der Waals surface area (Å²) in [5.41, 5.74) is 3.37. The van der Waals surface area contributed by atoms with Crippen LogP contribution in [0.15, 0.2) is 58.8 Å². The van der Waals surface area contributed by atoms with Gasteiger partial charge in [-0.1, -0.05) is 48.8 Å². The number of hydrogen-bond donors (Lipinski definition) is 1. The van der Waals surface area contributed by atoms with Crippen LogP contribution >= 0.6 is 12.2 Å². The van der Waals surface area contributed by atoms with Crippen molar-refractivity contribution in [2.75, 3.05) is 13.7 Å². The second-order valence-electron chi connectivity index (χ2n) is 7.57. The second-order valence-corrected chi connectivity index (χ2v) is 7.96. The van der Waals surface area contributed by atoms with Gasteiger partial charge in [-0.05, 0) is 49.3 Å². The molecule has 1 aliphatic heterocycles. The van der Waals surface area contributed by atoms with E-state index in [9.17, 15) is 4.39 Å². The highest BCUT2D eigenvalue weighted by atomic mass is 32.1. The number of nitrogens with one attached hydrogen (secondary N) is 1. The number of unbranched alkanes of at least 4 members (excludes halogenated alkanes) is 1. The van der Waals surface area contributed by atoms with Gasteiger partial charge in [-0.2, -0.15) is 4.98 Å². The quantitative estimate of drug-likeness (QED) is 0.485. The standard InChI is InChI=1S/C24H25FN4O2S/c1-4-5-13-29-15(2)20(21(26-24(29)32)16-9-7-6-8-10-16)23-27-22(28-31-23)17-11-12-19(30-3)18(25)14-17/h6-12,14,21H,4-5,13H2,1-3H3,(H,26,32). The predicted octanol–water partition coefficient (Wildman–Crippen LogP) is 5.35. The molecule has 3 aromatic rings. The highest BCUT2D eigenvalue weighted by Gasteiger charge is 2.33. The lowest BCUT2D eigenvalue weighted by Gasteiger charge is -2.37. The second kappa shape index (κ2) is 9.48. The van der Waals surface area contributed by atoms with E-state index in [0.29, 0.717) is 22.4 Å². The minimum Gasteiger partial charge on any atom is -0.494 e.